The van der Waals surface area contributed by atoms with Crippen LogP contribution in [-0.2, 0) is 11.3 Å². The Bertz CT molecular complexity index is 771. The largest absolute Gasteiger partial charge is 0.339 e. The lowest BCUT2D eigenvalue weighted by atomic mass is 10.1. The van der Waals surface area contributed by atoms with Crippen molar-refractivity contribution in [1.29, 1.82) is 0 Å². The molecule has 1 saturated heterocycles. The van der Waals surface area contributed by atoms with Gasteiger partial charge in [-0.1, -0.05) is 41.4 Å². The summed E-state index contributed by atoms with van der Waals surface area (Å²) in [4.78, 5) is 14.2. The monoisotopic (exact) mass is 357 g/mol. The number of aromatic nitrogens is 2. The van der Waals surface area contributed by atoms with Crippen LogP contribution in [0.15, 0.2) is 30.3 Å². The summed E-state index contributed by atoms with van der Waals surface area (Å²) in [5, 5.41) is 5.10. The van der Waals surface area contributed by atoms with Gasteiger partial charge in [-0.3, -0.25) is 4.79 Å². The van der Waals surface area contributed by atoms with Crippen LogP contribution < -0.4 is 0 Å². The van der Waals surface area contributed by atoms with Gasteiger partial charge >= 0.3 is 0 Å². The van der Waals surface area contributed by atoms with Crippen molar-refractivity contribution in [2.24, 2.45) is 0 Å². The van der Waals surface area contributed by atoms with Crippen LogP contribution >= 0.6 is 11.6 Å². The molecule has 0 atom stereocenters. The average Bonchev–Trinajstić information content (AvgIpc) is 2.89. The fourth-order valence-electron chi connectivity index (χ4n) is 3.10. The van der Waals surface area contributed by atoms with Crippen LogP contribution in [0, 0.1) is 13.8 Å². The normalized spacial score (nSPS) is 15.1. The van der Waals surface area contributed by atoms with Gasteiger partial charge in [0.1, 0.15) is 5.15 Å². The molecule has 0 N–H and O–H groups in total. The van der Waals surface area contributed by atoms with Crippen molar-refractivity contribution < 1.29 is 4.79 Å². The van der Waals surface area contributed by atoms with E-state index in [9.17, 15) is 4.79 Å². The van der Waals surface area contributed by atoms with Crippen molar-refractivity contribution in [2.75, 3.05) is 13.1 Å². The highest BCUT2D eigenvalue weighted by atomic mass is 35.5. The molecule has 0 aliphatic carbocycles. The molecule has 1 fully saturated rings. The van der Waals surface area contributed by atoms with E-state index in [1.165, 1.54) is 12.0 Å². The smallest absolute Gasteiger partial charge is 0.246 e. The number of piperidine rings is 1. The number of halogens is 1. The summed E-state index contributed by atoms with van der Waals surface area (Å²) < 4.78 is 1.78. The van der Waals surface area contributed by atoms with E-state index in [1.807, 2.05) is 11.8 Å². The Hall–Kier alpha value is -2.07. The van der Waals surface area contributed by atoms with Crippen LogP contribution in [0.5, 0.6) is 0 Å². The SMILES string of the molecule is Cc1ccc(Cn2nc(C)c(/C=C/C(=O)N3CCCCC3)c2Cl)cc1. The van der Waals surface area contributed by atoms with Crippen LogP contribution in [0.2, 0.25) is 5.15 Å². The minimum atomic E-state index is 0.0569. The number of carbonyl (C=O) groups excluding carboxylic acids is 1. The topological polar surface area (TPSA) is 38.1 Å². The molecule has 1 aromatic carbocycles. The Morgan fingerprint density at radius 1 is 1.16 bits per heavy atom. The summed E-state index contributed by atoms with van der Waals surface area (Å²) in [5.74, 6) is 0.0569. The molecule has 132 valence electrons. The molecule has 3 rings (SSSR count). The fourth-order valence-corrected chi connectivity index (χ4v) is 3.40. The Kier molecular flexibility index (Phi) is 5.59. The second-order valence-electron chi connectivity index (χ2n) is 6.65. The van der Waals surface area contributed by atoms with Gasteiger partial charge in [0.2, 0.25) is 5.91 Å². The molecular weight excluding hydrogens is 334 g/mol. The number of amides is 1. The fraction of sp³-hybridized carbons (Fsp3) is 0.400. The third-order valence-electron chi connectivity index (χ3n) is 4.62. The number of rotatable bonds is 4. The molecule has 1 aromatic heterocycles. The van der Waals surface area contributed by atoms with Crippen molar-refractivity contribution in [1.82, 2.24) is 14.7 Å². The molecule has 2 heterocycles. The van der Waals surface area contributed by atoms with E-state index >= 15 is 0 Å². The van der Waals surface area contributed by atoms with E-state index in [0.717, 1.165) is 42.8 Å². The van der Waals surface area contributed by atoms with Gasteiger partial charge in [-0.2, -0.15) is 5.10 Å². The van der Waals surface area contributed by atoms with Gasteiger partial charge in [0.05, 0.1) is 12.2 Å². The number of nitrogens with zero attached hydrogens (tertiary/aromatic N) is 3. The lowest BCUT2D eigenvalue weighted by Gasteiger charge is -2.25. The summed E-state index contributed by atoms with van der Waals surface area (Å²) in [6, 6.07) is 8.32. The number of benzene rings is 1. The van der Waals surface area contributed by atoms with Gasteiger partial charge in [0.25, 0.3) is 0 Å². The zero-order valence-corrected chi connectivity index (χ0v) is 15.6. The molecule has 0 spiro atoms. The van der Waals surface area contributed by atoms with Crippen LogP contribution in [0.1, 0.15) is 41.6 Å². The molecule has 0 radical (unpaired) electrons. The maximum Gasteiger partial charge on any atom is 0.246 e. The molecule has 0 unspecified atom stereocenters. The standard InChI is InChI=1S/C20H24ClN3O/c1-15-6-8-17(9-7-15)14-24-20(21)18(16(2)22-24)10-11-19(25)23-12-4-3-5-13-23/h6-11H,3-5,12-14H2,1-2H3/b11-10+. The molecular formula is C20H24ClN3O. The number of hydrogen-bond donors (Lipinski definition) is 0. The number of carbonyl (C=O) groups is 1. The Morgan fingerprint density at radius 3 is 2.52 bits per heavy atom. The maximum absolute atomic E-state index is 12.3. The van der Waals surface area contributed by atoms with Crippen LogP contribution in [0.25, 0.3) is 6.08 Å². The Balaban J connectivity index is 1.73. The number of hydrogen-bond acceptors (Lipinski definition) is 2. The highest BCUT2D eigenvalue weighted by molar-refractivity contribution is 6.31. The highest BCUT2D eigenvalue weighted by Gasteiger charge is 2.15. The lowest BCUT2D eigenvalue weighted by Crippen LogP contribution is -2.34. The molecule has 0 saturated carbocycles. The zero-order chi connectivity index (χ0) is 17.8. The van der Waals surface area contributed by atoms with Gasteiger partial charge in [0.15, 0.2) is 0 Å². The predicted molar refractivity (Wildman–Crippen MR) is 102 cm³/mol. The van der Waals surface area contributed by atoms with Crippen molar-refractivity contribution in [2.45, 2.75) is 39.7 Å². The second kappa shape index (κ2) is 7.87. The van der Waals surface area contributed by atoms with Crippen LogP contribution in [-0.4, -0.2) is 33.7 Å². The summed E-state index contributed by atoms with van der Waals surface area (Å²) >= 11 is 6.50. The minimum absolute atomic E-state index is 0.0569. The van der Waals surface area contributed by atoms with Gasteiger partial charge in [-0.05, 0) is 44.7 Å². The van der Waals surface area contributed by atoms with Gasteiger partial charge in [-0.25, -0.2) is 4.68 Å². The van der Waals surface area contributed by atoms with E-state index in [2.05, 4.69) is 36.3 Å². The van der Waals surface area contributed by atoms with Gasteiger partial charge in [0, 0.05) is 24.7 Å². The first-order valence-electron chi connectivity index (χ1n) is 8.80. The van der Waals surface area contributed by atoms with E-state index in [4.69, 9.17) is 11.6 Å². The van der Waals surface area contributed by atoms with Crippen LogP contribution in [0.3, 0.4) is 0 Å². The molecule has 5 heteroatoms. The van der Waals surface area contributed by atoms with E-state index in [1.54, 1.807) is 16.8 Å². The first kappa shape index (κ1) is 17.7. The lowest BCUT2D eigenvalue weighted by molar-refractivity contribution is -0.126. The zero-order valence-electron chi connectivity index (χ0n) is 14.8. The summed E-state index contributed by atoms with van der Waals surface area (Å²) in [6.45, 7) is 6.30. The van der Waals surface area contributed by atoms with E-state index < -0.39 is 0 Å². The molecule has 4 nitrogen and oxygen atoms in total. The van der Waals surface area contributed by atoms with Gasteiger partial charge in [-0.15, -0.1) is 0 Å². The molecule has 0 bridgehead atoms. The molecule has 1 aliphatic heterocycles. The quantitative estimate of drug-likeness (QED) is 0.768. The predicted octanol–water partition coefficient (Wildman–Crippen LogP) is 4.23. The summed E-state index contributed by atoms with van der Waals surface area (Å²) in [6.07, 6.45) is 6.82. The third-order valence-corrected chi connectivity index (χ3v) is 5.02. The molecule has 1 amide bonds. The first-order valence-corrected chi connectivity index (χ1v) is 9.18. The van der Waals surface area contributed by atoms with Gasteiger partial charge < -0.3 is 4.90 Å². The second-order valence-corrected chi connectivity index (χ2v) is 7.01. The van der Waals surface area contributed by atoms with Crippen molar-refractivity contribution in [3.63, 3.8) is 0 Å². The average molecular weight is 358 g/mol. The Labute approximate surface area is 154 Å². The Morgan fingerprint density at radius 2 is 1.84 bits per heavy atom. The number of likely N-dealkylation sites (tertiary alicyclic amines) is 1. The minimum Gasteiger partial charge on any atom is -0.339 e. The van der Waals surface area contributed by atoms with Crippen LogP contribution in [0.4, 0.5) is 0 Å². The first-order chi connectivity index (χ1) is 12.0. The third kappa shape index (κ3) is 4.31. The van der Waals surface area contributed by atoms with Crippen molar-refractivity contribution >= 4 is 23.6 Å². The number of aryl methyl sites for hydroxylation is 2. The summed E-state index contributed by atoms with van der Waals surface area (Å²) in [5.41, 5.74) is 4.03. The maximum atomic E-state index is 12.3. The van der Waals surface area contributed by atoms with E-state index in [-0.39, 0.29) is 5.91 Å². The van der Waals surface area contributed by atoms with Crippen molar-refractivity contribution in [3.05, 3.63) is 57.9 Å². The molecule has 2 aromatic rings. The van der Waals surface area contributed by atoms with Crippen molar-refractivity contribution in [3.8, 4) is 0 Å². The molecule has 25 heavy (non-hydrogen) atoms. The van der Waals surface area contributed by atoms with E-state index in [0.29, 0.717) is 11.7 Å². The highest BCUT2D eigenvalue weighted by Crippen LogP contribution is 2.23. The summed E-state index contributed by atoms with van der Waals surface area (Å²) in [7, 11) is 0. The molecule has 1 aliphatic rings.